The molecule has 0 atom stereocenters. The number of para-hydroxylation sites is 1. The van der Waals surface area contributed by atoms with Gasteiger partial charge in [0.05, 0.1) is 21.5 Å². The maximum atomic E-state index is 11.4. The quantitative estimate of drug-likeness (QED) is 0.562. The summed E-state index contributed by atoms with van der Waals surface area (Å²) in [7, 11) is 0. The topological polar surface area (TPSA) is 110 Å². The molecule has 22 heavy (non-hydrogen) atoms. The largest absolute Gasteiger partial charge is 0.440 e. The summed E-state index contributed by atoms with van der Waals surface area (Å²) >= 11 is 0. The van der Waals surface area contributed by atoms with E-state index < -0.39 is 10.7 Å². The van der Waals surface area contributed by atoms with Crippen LogP contribution in [0.4, 0.5) is 17.3 Å². The number of anilines is 2. The lowest BCUT2D eigenvalue weighted by Crippen LogP contribution is -2.13. The van der Waals surface area contributed by atoms with Crippen molar-refractivity contribution in [2.75, 3.05) is 10.9 Å². The van der Waals surface area contributed by atoms with Gasteiger partial charge in [-0.2, -0.15) is 4.98 Å². The molecular formula is C14H10N4O4. The van der Waals surface area contributed by atoms with Crippen LogP contribution in [0, 0.1) is 10.1 Å². The van der Waals surface area contributed by atoms with Crippen molar-refractivity contribution in [3.05, 3.63) is 69.2 Å². The van der Waals surface area contributed by atoms with Gasteiger partial charge in [-0.05, 0) is 24.3 Å². The fourth-order valence-corrected chi connectivity index (χ4v) is 1.91. The zero-order valence-corrected chi connectivity index (χ0v) is 11.1. The predicted molar refractivity (Wildman–Crippen MR) is 80.6 cm³/mol. The van der Waals surface area contributed by atoms with E-state index in [9.17, 15) is 14.9 Å². The number of nitrogens with one attached hydrogen (secondary N) is 2. The van der Waals surface area contributed by atoms with Gasteiger partial charge in [0.25, 0.3) is 5.69 Å². The molecule has 3 aromatic rings. The Labute approximate surface area is 123 Å². The summed E-state index contributed by atoms with van der Waals surface area (Å²) < 4.78 is 5.03. The van der Waals surface area contributed by atoms with Gasteiger partial charge in [0.15, 0.2) is 0 Å². The van der Waals surface area contributed by atoms with E-state index in [0.717, 1.165) is 0 Å². The van der Waals surface area contributed by atoms with Crippen molar-refractivity contribution >= 4 is 28.2 Å². The molecule has 0 saturated heterocycles. The summed E-state index contributed by atoms with van der Waals surface area (Å²) in [4.78, 5) is 25.3. The molecular weight excluding hydrogens is 288 g/mol. The van der Waals surface area contributed by atoms with Gasteiger partial charge in [-0.15, -0.1) is 0 Å². The van der Waals surface area contributed by atoms with Gasteiger partial charge < -0.3 is 4.42 Å². The first-order valence-corrected chi connectivity index (χ1v) is 6.30. The Bertz CT molecular complexity index is 889. The number of aromatic nitrogens is 1. The van der Waals surface area contributed by atoms with Gasteiger partial charge in [0.1, 0.15) is 0 Å². The zero-order chi connectivity index (χ0) is 15.5. The molecule has 0 aliphatic heterocycles. The number of nitro benzene ring substituents is 1. The summed E-state index contributed by atoms with van der Waals surface area (Å²) in [6, 6.07) is 12.8. The molecule has 1 aromatic heterocycles. The average Bonchev–Trinajstić information content (AvgIpc) is 2.52. The van der Waals surface area contributed by atoms with Crippen molar-refractivity contribution in [2.24, 2.45) is 0 Å². The summed E-state index contributed by atoms with van der Waals surface area (Å²) in [5.74, 6) is -0.499. The lowest BCUT2D eigenvalue weighted by Gasteiger charge is -2.09. The molecule has 0 bridgehead atoms. The SMILES string of the molecule is O=c1nc2ccccc2c(NNc2ccc([N+](=O)[O-])cc2)o1. The number of fused-ring (bicyclic) bond motifs is 1. The first kappa shape index (κ1) is 13.6. The van der Waals surface area contributed by atoms with Gasteiger partial charge >= 0.3 is 5.76 Å². The summed E-state index contributed by atoms with van der Waals surface area (Å²) in [5.41, 5.74) is 6.66. The summed E-state index contributed by atoms with van der Waals surface area (Å²) in [6.07, 6.45) is 0. The fourth-order valence-electron chi connectivity index (χ4n) is 1.91. The Hall–Kier alpha value is -3.42. The van der Waals surface area contributed by atoms with Crippen molar-refractivity contribution in [2.45, 2.75) is 0 Å². The van der Waals surface area contributed by atoms with Gasteiger partial charge in [-0.25, -0.2) is 4.79 Å². The van der Waals surface area contributed by atoms with Crippen molar-refractivity contribution in [3.63, 3.8) is 0 Å². The van der Waals surface area contributed by atoms with E-state index in [1.54, 1.807) is 24.3 Å². The maximum Gasteiger partial charge on any atom is 0.440 e. The van der Waals surface area contributed by atoms with Crippen LogP contribution in [0.1, 0.15) is 0 Å². The van der Waals surface area contributed by atoms with Crippen LogP contribution in [0.2, 0.25) is 0 Å². The van der Waals surface area contributed by atoms with Crippen molar-refractivity contribution < 1.29 is 9.34 Å². The highest BCUT2D eigenvalue weighted by atomic mass is 16.6. The highest BCUT2D eigenvalue weighted by molar-refractivity contribution is 5.87. The highest BCUT2D eigenvalue weighted by Gasteiger charge is 2.07. The average molecular weight is 298 g/mol. The lowest BCUT2D eigenvalue weighted by atomic mass is 10.2. The molecule has 0 aliphatic carbocycles. The molecule has 3 rings (SSSR count). The molecule has 1 heterocycles. The minimum Gasteiger partial charge on any atom is -0.390 e. The van der Waals surface area contributed by atoms with Crippen LogP contribution >= 0.6 is 0 Å². The Morgan fingerprint density at radius 1 is 1.05 bits per heavy atom. The number of nitrogens with zero attached hydrogens (tertiary/aromatic N) is 2. The molecule has 0 amide bonds. The van der Waals surface area contributed by atoms with Crippen LogP contribution in [-0.2, 0) is 0 Å². The molecule has 0 spiro atoms. The van der Waals surface area contributed by atoms with Gasteiger partial charge in [0.2, 0.25) is 5.88 Å². The molecule has 8 heteroatoms. The Morgan fingerprint density at radius 3 is 2.50 bits per heavy atom. The van der Waals surface area contributed by atoms with E-state index in [1.165, 1.54) is 24.3 Å². The van der Waals surface area contributed by atoms with E-state index in [2.05, 4.69) is 15.8 Å². The lowest BCUT2D eigenvalue weighted by molar-refractivity contribution is -0.384. The van der Waals surface area contributed by atoms with Gasteiger partial charge in [-0.3, -0.25) is 21.0 Å². The standard InChI is InChI=1S/C14H10N4O4/c19-14-15-12-4-2-1-3-11(12)13(22-14)17-16-9-5-7-10(8-6-9)18(20)21/h1-8,16-17H. The second kappa shape index (κ2) is 5.52. The Kier molecular flexibility index (Phi) is 3.40. The first-order valence-electron chi connectivity index (χ1n) is 6.30. The third-order valence-corrected chi connectivity index (χ3v) is 2.95. The van der Waals surface area contributed by atoms with E-state index >= 15 is 0 Å². The van der Waals surface area contributed by atoms with Crippen LogP contribution < -0.4 is 16.6 Å². The second-order valence-corrected chi connectivity index (χ2v) is 4.38. The first-order chi connectivity index (χ1) is 10.6. The number of hydrogen-bond acceptors (Lipinski definition) is 7. The number of nitro groups is 1. The predicted octanol–water partition coefficient (Wildman–Crippen LogP) is 2.54. The monoisotopic (exact) mass is 298 g/mol. The minimum absolute atomic E-state index is 0.00792. The van der Waals surface area contributed by atoms with Crippen molar-refractivity contribution in [1.82, 2.24) is 4.98 Å². The van der Waals surface area contributed by atoms with Crippen LogP contribution in [-0.4, -0.2) is 9.91 Å². The molecule has 0 radical (unpaired) electrons. The zero-order valence-electron chi connectivity index (χ0n) is 11.1. The molecule has 8 nitrogen and oxygen atoms in total. The van der Waals surface area contributed by atoms with Gasteiger partial charge in [-0.1, -0.05) is 12.1 Å². The number of non-ortho nitro benzene ring substituents is 1. The van der Waals surface area contributed by atoms with Crippen molar-refractivity contribution in [3.8, 4) is 0 Å². The van der Waals surface area contributed by atoms with Crippen LogP contribution in [0.25, 0.3) is 10.9 Å². The molecule has 0 unspecified atom stereocenters. The van der Waals surface area contributed by atoms with Crippen molar-refractivity contribution in [1.29, 1.82) is 0 Å². The maximum absolute atomic E-state index is 11.4. The second-order valence-electron chi connectivity index (χ2n) is 4.38. The molecule has 2 N–H and O–H groups in total. The Morgan fingerprint density at radius 2 is 1.77 bits per heavy atom. The molecule has 2 aromatic carbocycles. The number of benzene rings is 2. The number of rotatable bonds is 4. The molecule has 0 saturated carbocycles. The summed E-state index contributed by atoms with van der Waals surface area (Å²) in [5, 5.41) is 11.2. The third kappa shape index (κ3) is 2.70. The molecule has 0 fully saturated rings. The van der Waals surface area contributed by atoms with Crippen LogP contribution in [0.3, 0.4) is 0 Å². The van der Waals surface area contributed by atoms with Crippen LogP contribution in [0.15, 0.2) is 57.7 Å². The number of hydrogen-bond donors (Lipinski definition) is 2. The highest BCUT2D eigenvalue weighted by Crippen LogP contribution is 2.20. The van der Waals surface area contributed by atoms with Gasteiger partial charge in [0, 0.05) is 12.1 Å². The van der Waals surface area contributed by atoms with E-state index in [0.29, 0.717) is 16.6 Å². The van der Waals surface area contributed by atoms with E-state index in [-0.39, 0.29) is 11.6 Å². The van der Waals surface area contributed by atoms with E-state index in [1.807, 2.05) is 0 Å². The molecule has 0 aliphatic rings. The molecule has 110 valence electrons. The smallest absolute Gasteiger partial charge is 0.390 e. The summed E-state index contributed by atoms with van der Waals surface area (Å²) in [6.45, 7) is 0. The Balaban J connectivity index is 1.84. The number of hydrazine groups is 1. The fraction of sp³-hybridized carbons (Fsp3) is 0. The third-order valence-electron chi connectivity index (χ3n) is 2.95. The van der Waals surface area contributed by atoms with Crippen LogP contribution in [0.5, 0.6) is 0 Å². The normalized spacial score (nSPS) is 10.4. The minimum atomic E-state index is -0.716. The van der Waals surface area contributed by atoms with E-state index in [4.69, 9.17) is 4.42 Å².